The summed E-state index contributed by atoms with van der Waals surface area (Å²) in [5, 5.41) is 12.9. The molecule has 0 spiro atoms. The lowest BCUT2D eigenvalue weighted by atomic mass is 9.81. The summed E-state index contributed by atoms with van der Waals surface area (Å²) in [6.07, 6.45) is 3.85. The van der Waals surface area contributed by atoms with Crippen molar-refractivity contribution in [2.24, 2.45) is 0 Å². The van der Waals surface area contributed by atoms with Crippen LogP contribution in [0, 0.1) is 11.3 Å². The first-order chi connectivity index (χ1) is 8.67. The molecule has 1 fully saturated rings. The van der Waals surface area contributed by atoms with Crippen molar-refractivity contribution in [3.8, 4) is 6.07 Å². The summed E-state index contributed by atoms with van der Waals surface area (Å²) in [5.41, 5.74) is 0.474. The van der Waals surface area contributed by atoms with Crippen LogP contribution in [0.3, 0.4) is 0 Å². The highest BCUT2D eigenvalue weighted by Crippen LogP contribution is 2.33. The van der Waals surface area contributed by atoms with Gasteiger partial charge < -0.3 is 10.1 Å². The van der Waals surface area contributed by atoms with Crippen LogP contribution in [0.4, 0.5) is 5.69 Å². The smallest absolute Gasteiger partial charge is 0.127 e. The van der Waals surface area contributed by atoms with Crippen molar-refractivity contribution in [3.63, 3.8) is 0 Å². The molecule has 2 unspecified atom stereocenters. The molecule has 2 atom stereocenters. The molecule has 0 amide bonds. The van der Waals surface area contributed by atoms with Gasteiger partial charge in [0.2, 0.25) is 0 Å². The van der Waals surface area contributed by atoms with Gasteiger partial charge in [-0.25, -0.2) is 0 Å². The van der Waals surface area contributed by atoms with Crippen molar-refractivity contribution in [2.75, 3.05) is 12.4 Å². The van der Waals surface area contributed by atoms with Crippen LogP contribution >= 0.6 is 15.9 Å². The molecule has 96 valence electrons. The minimum absolute atomic E-state index is 0.179. The molecule has 0 saturated heterocycles. The van der Waals surface area contributed by atoms with E-state index in [1.807, 2.05) is 24.3 Å². The van der Waals surface area contributed by atoms with Gasteiger partial charge in [-0.1, -0.05) is 22.0 Å². The molecular formula is C14H17BrN2O. The number of hydrogen-bond donors (Lipinski definition) is 1. The Morgan fingerprint density at radius 2 is 2.39 bits per heavy atom. The van der Waals surface area contributed by atoms with E-state index in [1.54, 1.807) is 7.11 Å². The van der Waals surface area contributed by atoms with Gasteiger partial charge in [-0.15, -0.1) is 0 Å². The third kappa shape index (κ3) is 3.04. The number of ether oxygens (including phenoxy) is 1. The highest BCUT2D eigenvalue weighted by molar-refractivity contribution is 9.10. The second-order valence-corrected chi connectivity index (χ2v) is 5.70. The molecule has 1 aromatic rings. The number of anilines is 1. The third-order valence-electron chi connectivity index (χ3n) is 3.46. The van der Waals surface area contributed by atoms with Gasteiger partial charge >= 0.3 is 0 Å². The fourth-order valence-electron chi connectivity index (χ4n) is 2.51. The lowest BCUT2D eigenvalue weighted by molar-refractivity contribution is 0.0569. The van der Waals surface area contributed by atoms with E-state index >= 15 is 0 Å². The predicted molar refractivity (Wildman–Crippen MR) is 75.4 cm³/mol. The third-order valence-corrected chi connectivity index (χ3v) is 3.95. The van der Waals surface area contributed by atoms with Gasteiger partial charge in [0, 0.05) is 23.7 Å². The van der Waals surface area contributed by atoms with Gasteiger partial charge in [0.05, 0.1) is 12.2 Å². The Kier molecular flexibility index (Phi) is 4.26. The number of nitrogens with one attached hydrogen (secondary N) is 1. The van der Waals surface area contributed by atoms with Gasteiger partial charge in [0.15, 0.2) is 0 Å². The Hall–Kier alpha value is -1.05. The van der Waals surface area contributed by atoms with E-state index in [0.29, 0.717) is 0 Å². The summed E-state index contributed by atoms with van der Waals surface area (Å²) in [6.45, 7) is 0. The lowest BCUT2D eigenvalue weighted by Crippen LogP contribution is -2.43. The molecule has 4 heteroatoms. The molecule has 1 N–H and O–H groups in total. The molecule has 1 saturated carbocycles. The van der Waals surface area contributed by atoms with E-state index in [0.717, 1.165) is 35.8 Å². The number of hydrogen-bond acceptors (Lipinski definition) is 3. The number of nitrogens with zero attached hydrogens (tertiary/aromatic N) is 1. The quantitative estimate of drug-likeness (QED) is 0.925. The predicted octanol–water partition coefficient (Wildman–Crippen LogP) is 3.71. The van der Waals surface area contributed by atoms with Crippen LogP contribution in [0.25, 0.3) is 0 Å². The van der Waals surface area contributed by atoms with Crippen molar-refractivity contribution in [3.05, 3.63) is 28.7 Å². The molecule has 0 heterocycles. The SMILES string of the molecule is COC1CCCC(C#N)(Nc2cccc(Br)c2)C1. The van der Waals surface area contributed by atoms with Crippen LogP contribution in [0.2, 0.25) is 0 Å². The number of rotatable bonds is 3. The lowest BCUT2D eigenvalue weighted by Gasteiger charge is -2.36. The maximum atomic E-state index is 9.51. The van der Waals surface area contributed by atoms with Crippen molar-refractivity contribution in [2.45, 2.75) is 37.3 Å². The summed E-state index contributed by atoms with van der Waals surface area (Å²) in [6, 6.07) is 10.4. The Morgan fingerprint density at radius 1 is 1.56 bits per heavy atom. The van der Waals surface area contributed by atoms with E-state index in [4.69, 9.17) is 4.74 Å². The van der Waals surface area contributed by atoms with E-state index in [2.05, 4.69) is 27.3 Å². The van der Waals surface area contributed by atoms with Crippen LogP contribution in [0.15, 0.2) is 28.7 Å². The topological polar surface area (TPSA) is 45.0 Å². The second kappa shape index (κ2) is 5.73. The van der Waals surface area contributed by atoms with Crippen LogP contribution in [0.5, 0.6) is 0 Å². The fraction of sp³-hybridized carbons (Fsp3) is 0.500. The maximum Gasteiger partial charge on any atom is 0.127 e. The molecule has 0 aromatic heterocycles. The average Bonchev–Trinajstić information content (AvgIpc) is 2.39. The van der Waals surface area contributed by atoms with Gasteiger partial charge in [0.1, 0.15) is 5.54 Å². The van der Waals surface area contributed by atoms with Gasteiger partial charge in [-0.3, -0.25) is 0 Å². The van der Waals surface area contributed by atoms with E-state index in [9.17, 15) is 5.26 Å². The molecule has 0 aliphatic heterocycles. The standard InChI is InChI=1S/C14H17BrN2O/c1-18-13-6-3-7-14(9-13,10-16)17-12-5-2-4-11(15)8-12/h2,4-5,8,13,17H,3,6-7,9H2,1H3. The minimum atomic E-state index is -0.500. The Morgan fingerprint density at radius 3 is 3.06 bits per heavy atom. The molecule has 18 heavy (non-hydrogen) atoms. The number of methoxy groups -OCH3 is 1. The Bertz CT molecular complexity index is 457. The zero-order valence-corrected chi connectivity index (χ0v) is 12.0. The van der Waals surface area contributed by atoms with Crippen LogP contribution in [-0.2, 0) is 4.74 Å². The molecule has 0 radical (unpaired) electrons. The first kappa shape index (κ1) is 13.4. The summed E-state index contributed by atoms with van der Waals surface area (Å²) in [7, 11) is 1.72. The fourth-order valence-corrected chi connectivity index (χ4v) is 2.91. The van der Waals surface area contributed by atoms with Crippen molar-refractivity contribution < 1.29 is 4.74 Å². The highest BCUT2D eigenvalue weighted by atomic mass is 79.9. The van der Waals surface area contributed by atoms with Crippen molar-refractivity contribution in [1.82, 2.24) is 0 Å². The molecule has 0 bridgehead atoms. The Labute approximate surface area is 116 Å². The monoisotopic (exact) mass is 308 g/mol. The molecule has 2 rings (SSSR count). The normalized spacial score (nSPS) is 27.5. The number of benzene rings is 1. The Balaban J connectivity index is 2.16. The molecule has 1 aliphatic rings. The van der Waals surface area contributed by atoms with Crippen molar-refractivity contribution >= 4 is 21.6 Å². The van der Waals surface area contributed by atoms with Crippen LogP contribution < -0.4 is 5.32 Å². The van der Waals surface area contributed by atoms with E-state index in [1.165, 1.54) is 0 Å². The zero-order valence-electron chi connectivity index (χ0n) is 10.4. The largest absolute Gasteiger partial charge is 0.381 e. The van der Waals surface area contributed by atoms with Gasteiger partial charge in [0.25, 0.3) is 0 Å². The zero-order chi connectivity index (χ0) is 13.0. The van der Waals surface area contributed by atoms with Crippen LogP contribution in [0.1, 0.15) is 25.7 Å². The summed E-state index contributed by atoms with van der Waals surface area (Å²) in [4.78, 5) is 0. The molecule has 3 nitrogen and oxygen atoms in total. The summed E-state index contributed by atoms with van der Waals surface area (Å²) >= 11 is 3.44. The van der Waals surface area contributed by atoms with Gasteiger partial charge in [-0.05, 0) is 37.5 Å². The minimum Gasteiger partial charge on any atom is -0.381 e. The molecule has 1 aromatic carbocycles. The maximum absolute atomic E-state index is 9.51. The summed E-state index contributed by atoms with van der Waals surface area (Å²) in [5.74, 6) is 0. The first-order valence-electron chi connectivity index (χ1n) is 6.15. The van der Waals surface area contributed by atoms with E-state index < -0.39 is 5.54 Å². The van der Waals surface area contributed by atoms with E-state index in [-0.39, 0.29) is 6.10 Å². The molecule has 1 aliphatic carbocycles. The first-order valence-corrected chi connectivity index (χ1v) is 6.94. The van der Waals surface area contributed by atoms with Crippen molar-refractivity contribution in [1.29, 1.82) is 5.26 Å². The average molecular weight is 309 g/mol. The van der Waals surface area contributed by atoms with Crippen LogP contribution in [-0.4, -0.2) is 18.8 Å². The molecular weight excluding hydrogens is 292 g/mol. The number of nitriles is 1. The second-order valence-electron chi connectivity index (χ2n) is 4.78. The summed E-state index contributed by atoms with van der Waals surface area (Å²) < 4.78 is 6.42. The van der Waals surface area contributed by atoms with Gasteiger partial charge in [-0.2, -0.15) is 5.26 Å². The highest BCUT2D eigenvalue weighted by Gasteiger charge is 2.36. The number of halogens is 1.